The molecule has 0 unspecified atom stereocenters. The van der Waals surface area contributed by atoms with E-state index in [9.17, 15) is 16.8 Å². The van der Waals surface area contributed by atoms with Crippen LogP contribution in [-0.4, -0.2) is 34.4 Å². The van der Waals surface area contributed by atoms with Crippen LogP contribution in [0.15, 0.2) is 47.4 Å². The minimum absolute atomic E-state index is 0.0396. The molecule has 5 nitrogen and oxygen atoms in total. The number of hydrogen-bond acceptors (Lipinski definition) is 4. The van der Waals surface area contributed by atoms with Crippen LogP contribution in [0.4, 0.5) is 0 Å². The molecule has 0 saturated carbocycles. The van der Waals surface area contributed by atoms with E-state index < -0.39 is 25.9 Å². The minimum atomic E-state index is -3.70. The zero-order valence-electron chi connectivity index (χ0n) is 11.2. The van der Waals surface area contributed by atoms with Crippen LogP contribution in [0.1, 0.15) is 6.42 Å². The number of benzene rings is 2. The van der Waals surface area contributed by atoms with Crippen LogP contribution in [-0.2, 0) is 19.9 Å². The third-order valence-corrected chi connectivity index (χ3v) is 6.87. The summed E-state index contributed by atoms with van der Waals surface area (Å²) in [5.41, 5.74) is 0. The molecule has 7 heteroatoms. The van der Waals surface area contributed by atoms with Gasteiger partial charge in [-0.15, -0.1) is 0 Å². The molecule has 0 radical (unpaired) electrons. The standard InChI is InChI=1S/C14H15NO4S2/c16-20(17)8-7-13(10-20)15-21(18,19)14-6-5-11-3-1-2-4-12(11)9-14/h1-6,9,13,15H,7-8,10H2/t13-/m0/s1. The van der Waals surface area contributed by atoms with Gasteiger partial charge in [0.05, 0.1) is 16.4 Å². The van der Waals surface area contributed by atoms with Crippen LogP contribution in [0, 0.1) is 0 Å². The van der Waals surface area contributed by atoms with E-state index in [-0.39, 0.29) is 16.4 Å². The normalized spacial score (nSPS) is 21.6. The lowest BCUT2D eigenvalue weighted by Crippen LogP contribution is -2.35. The van der Waals surface area contributed by atoms with Gasteiger partial charge in [-0.05, 0) is 29.3 Å². The number of sulfone groups is 1. The fourth-order valence-corrected chi connectivity index (χ4v) is 5.59. The monoisotopic (exact) mass is 325 g/mol. The molecule has 0 aliphatic carbocycles. The zero-order chi connectivity index (χ0) is 15.1. The number of nitrogens with one attached hydrogen (secondary N) is 1. The average Bonchev–Trinajstić information content (AvgIpc) is 2.76. The van der Waals surface area contributed by atoms with Crippen molar-refractivity contribution in [3.05, 3.63) is 42.5 Å². The van der Waals surface area contributed by atoms with Crippen molar-refractivity contribution in [1.29, 1.82) is 0 Å². The van der Waals surface area contributed by atoms with E-state index >= 15 is 0 Å². The van der Waals surface area contributed by atoms with Gasteiger partial charge in [0.25, 0.3) is 0 Å². The van der Waals surface area contributed by atoms with Crippen molar-refractivity contribution in [2.24, 2.45) is 0 Å². The van der Waals surface area contributed by atoms with Gasteiger partial charge >= 0.3 is 0 Å². The second-order valence-corrected chi connectivity index (χ2v) is 9.17. The summed E-state index contributed by atoms with van der Waals surface area (Å²) in [4.78, 5) is 0.158. The van der Waals surface area contributed by atoms with E-state index in [2.05, 4.69) is 4.72 Å². The lowest BCUT2D eigenvalue weighted by atomic mass is 10.1. The Morgan fingerprint density at radius 3 is 2.43 bits per heavy atom. The molecule has 112 valence electrons. The Hall–Kier alpha value is -1.44. The summed E-state index contributed by atoms with van der Waals surface area (Å²) in [6, 6.07) is 11.8. The summed E-state index contributed by atoms with van der Waals surface area (Å²) < 4.78 is 50.0. The van der Waals surface area contributed by atoms with Crippen molar-refractivity contribution in [3.8, 4) is 0 Å². The summed E-state index contributed by atoms with van der Waals surface area (Å²) in [6.07, 6.45) is 0.329. The number of fused-ring (bicyclic) bond motifs is 1. The molecule has 3 rings (SSSR count). The molecule has 2 aromatic carbocycles. The summed E-state index contributed by atoms with van der Waals surface area (Å²) in [6.45, 7) is 0. The largest absolute Gasteiger partial charge is 0.240 e. The summed E-state index contributed by atoms with van der Waals surface area (Å²) in [5.74, 6) is -0.0856. The molecule has 2 aromatic rings. The predicted molar refractivity (Wildman–Crippen MR) is 81.3 cm³/mol. The molecule has 1 heterocycles. The Labute approximate surface area is 124 Å². The Bertz CT molecular complexity index is 888. The van der Waals surface area contributed by atoms with Gasteiger partial charge in [0, 0.05) is 6.04 Å². The van der Waals surface area contributed by atoms with Crippen molar-refractivity contribution in [1.82, 2.24) is 4.72 Å². The van der Waals surface area contributed by atoms with Crippen molar-refractivity contribution in [3.63, 3.8) is 0 Å². The first kappa shape index (κ1) is 14.5. The fraction of sp³-hybridized carbons (Fsp3) is 0.286. The number of sulfonamides is 1. The van der Waals surface area contributed by atoms with Gasteiger partial charge in [-0.1, -0.05) is 30.3 Å². The molecule has 1 saturated heterocycles. The van der Waals surface area contributed by atoms with Gasteiger partial charge in [0.1, 0.15) is 0 Å². The van der Waals surface area contributed by atoms with Gasteiger partial charge in [0.2, 0.25) is 10.0 Å². The summed E-state index contributed by atoms with van der Waals surface area (Å²) >= 11 is 0. The second-order valence-electron chi connectivity index (χ2n) is 5.23. The molecule has 1 fully saturated rings. The Morgan fingerprint density at radius 1 is 1.05 bits per heavy atom. The van der Waals surface area contributed by atoms with Crippen molar-refractivity contribution >= 4 is 30.6 Å². The molecule has 1 aliphatic rings. The van der Waals surface area contributed by atoms with E-state index in [0.717, 1.165) is 10.8 Å². The molecule has 1 atom stereocenters. The summed E-state index contributed by atoms with van der Waals surface area (Å²) in [7, 11) is -6.81. The lowest BCUT2D eigenvalue weighted by Gasteiger charge is -2.12. The van der Waals surface area contributed by atoms with Crippen molar-refractivity contribution in [2.75, 3.05) is 11.5 Å². The fourth-order valence-electron chi connectivity index (χ4n) is 2.51. The van der Waals surface area contributed by atoms with Crippen LogP contribution in [0.3, 0.4) is 0 Å². The van der Waals surface area contributed by atoms with Crippen LogP contribution in [0.2, 0.25) is 0 Å². The first-order valence-corrected chi connectivity index (χ1v) is 9.88. The van der Waals surface area contributed by atoms with E-state index in [4.69, 9.17) is 0 Å². The molecule has 21 heavy (non-hydrogen) atoms. The summed E-state index contributed by atoms with van der Waals surface area (Å²) in [5, 5.41) is 1.79. The maximum Gasteiger partial charge on any atom is 0.240 e. The second kappa shape index (κ2) is 5.08. The Balaban J connectivity index is 1.90. The van der Waals surface area contributed by atoms with Crippen molar-refractivity contribution < 1.29 is 16.8 Å². The number of rotatable bonds is 3. The quantitative estimate of drug-likeness (QED) is 0.922. The Kier molecular flexibility index (Phi) is 3.51. The number of hydrogen-bond donors (Lipinski definition) is 1. The van der Waals surface area contributed by atoms with E-state index in [1.54, 1.807) is 12.1 Å². The minimum Gasteiger partial charge on any atom is -0.229 e. The smallest absolute Gasteiger partial charge is 0.229 e. The highest BCUT2D eigenvalue weighted by Crippen LogP contribution is 2.20. The molecular formula is C14H15NO4S2. The van der Waals surface area contributed by atoms with Gasteiger partial charge in [-0.3, -0.25) is 0 Å². The Morgan fingerprint density at radius 2 is 1.76 bits per heavy atom. The molecule has 1 N–H and O–H groups in total. The van der Waals surface area contributed by atoms with Crippen LogP contribution in [0.5, 0.6) is 0 Å². The average molecular weight is 325 g/mol. The highest BCUT2D eigenvalue weighted by atomic mass is 32.2. The molecular weight excluding hydrogens is 310 g/mol. The van der Waals surface area contributed by atoms with Gasteiger partial charge < -0.3 is 0 Å². The van der Waals surface area contributed by atoms with Gasteiger partial charge in [-0.25, -0.2) is 21.6 Å². The highest BCUT2D eigenvalue weighted by Gasteiger charge is 2.31. The first-order valence-electron chi connectivity index (χ1n) is 6.57. The predicted octanol–water partition coefficient (Wildman–Crippen LogP) is 1.31. The van der Waals surface area contributed by atoms with E-state index in [1.807, 2.05) is 24.3 Å². The topological polar surface area (TPSA) is 80.3 Å². The van der Waals surface area contributed by atoms with Crippen LogP contribution >= 0.6 is 0 Å². The third kappa shape index (κ3) is 3.09. The van der Waals surface area contributed by atoms with Gasteiger partial charge in [-0.2, -0.15) is 0 Å². The lowest BCUT2D eigenvalue weighted by molar-refractivity contribution is 0.562. The zero-order valence-corrected chi connectivity index (χ0v) is 12.8. The molecule has 1 aliphatic heterocycles. The molecule has 0 spiro atoms. The third-order valence-electron chi connectivity index (χ3n) is 3.59. The SMILES string of the molecule is O=S1(=O)CC[C@H](NS(=O)(=O)c2ccc3ccccc3c2)C1. The van der Waals surface area contributed by atoms with E-state index in [0.29, 0.717) is 6.42 Å². The molecule has 0 bridgehead atoms. The maximum atomic E-state index is 12.3. The van der Waals surface area contributed by atoms with Crippen molar-refractivity contribution in [2.45, 2.75) is 17.4 Å². The van der Waals surface area contributed by atoms with Gasteiger partial charge in [0.15, 0.2) is 9.84 Å². The highest BCUT2D eigenvalue weighted by molar-refractivity contribution is 7.92. The first-order chi connectivity index (χ1) is 9.86. The van der Waals surface area contributed by atoms with Crippen LogP contribution < -0.4 is 4.72 Å². The molecule has 0 amide bonds. The maximum absolute atomic E-state index is 12.3. The van der Waals surface area contributed by atoms with Crippen LogP contribution in [0.25, 0.3) is 10.8 Å². The molecule has 0 aromatic heterocycles. The van der Waals surface area contributed by atoms with E-state index in [1.165, 1.54) is 6.07 Å².